The number of carbonyl (C=O) groups is 1. The van der Waals surface area contributed by atoms with Gasteiger partial charge in [0.05, 0.1) is 17.6 Å². The summed E-state index contributed by atoms with van der Waals surface area (Å²) in [5, 5.41) is 0.360. The standard InChI is InChI=1S/C24H19ClF3NO2/c1-24(2)19-7-6-15(26)11-21(19)29(23(24)30)12-18-20(25)4-3-5-22(18)31-13-14-8-16(27)10-17(28)9-14/h3-11H,12-13H2,1-2H3. The van der Waals surface area contributed by atoms with Gasteiger partial charge in [-0.1, -0.05) is 23.7 Å². The third-order valence-electron chi connectivity index (χ3n) is 5.41. The molecule has 0 N–H and O–H groups in total. The molecule has 0 unspecified atom stereocenters. The second kappa shape index (κ2) is 7.93. The lowest BCUT2D eigenvalue weighted by Gasteiger charge is -2.22. The number of amides is 1. The summed E-state index contributed by atoms with van der Waals surface area (Å²) in [4.78, 5) is 14.6. The fraction of sp³-hybridized carbons (Fsp3) is 0.208. The van der Waals surface area contributed by atoms with Gasteiger partial charge in [0.2, 0.25) is 5.91 Å². The Hall–Kier alpha value is -2.99. The molecule has 3 aromatic rings. The highest BCUT2D eigenvalue weighted by molar-refractivity contribution is 6.31. The summed E-state index contributed by atoms with van der Waals surface area (Å²) in [6.07, 6.45) is 0. The van der Waals surface area contributed by atoms with E-state index in [4.69, 9.17) is 16.3 Å². The van der Waals surface area contributed by atoms with Crippen molar-refractivity contribution < 1.29 is 22.7 Å². The molecule has 3 nitrogen and oxygen atoms in total. The summed E-state index contributed by atoms with van der Waals surface area (Å²) in [5.74, 6) is -1.67. The van der Waals surface area contributed by atoms with Crippen molar-refractivity contribution in [3.05, 3.63) is 93.8 Å². The molecule has 0 spiro atoms. The van der Waals surface area contributed by atoms with Gasteiger partial charge in [-0.3, -0.25) is 4.79 Å². The number of halogens is 4. The maximum atomic E-state index is 13.9. The van der Waals surface area contributed by atoms with Crippen LogP contribution in [0.25, 0.3) is 0 Å². The third-order valence-corrected chi connectivity index (χ3v) is 5.77. The smallest absolute Gasteiger partial charge is 0.237 e. The van der Waals surface area contributed by atoms with E-state index >= 15 is 0 Å². The minimum Gasteiger partial charge on any atom is -0.488 e. The van der Waals surface area contributed by atoms with Crippen molar-refractivity contribution in [1.29, 1.82) is 0 Å². The van der Waals surface area contributed by atoms with Crippen molar-refractivity contribution in [3.63, 3.8) is 0 Å². The van der Waals surface area contributed by atoms with E-state index in [1.807, 2.05) is 0 Å². The number of rotatable bonds is 5. The second-order valence-electron chi connectivity index (χ2n) is 7.96. The van der Waals surface area contributed by atoms with E-state index in [-0.39, 0.29) is 19.1 Å². The molecule has 1 amide bonds. The van der Waals surface area contributed by atoms with Crippen LogP contribution in [0.5, 0.6) is 5.75 Å². The SMILES string of the molecule is CC1(C)C(=O)N(Cc2c(Cl)cccc2OCc2cc(F)cc(F)c2)c2cc(F)ccc21. The van der Waals surface area contributed by atoms with Gasteiger partial charge in [0.15, 0.2) is 0 Å². The molecule has 0 saturated heterocycles. The maximum Gasteiger partial charge on any atom is 0.237 e. The predicted molar refractivity (Wildman–Crippen MR) is 113 cm³/mol. The average molecular weight is 446 g/mol. The van der Waals surface area contributed by atoms with Crippen LogP contribution in [0.1, 0.15) is 30.5 Å². The summed E-state index contributed by atoms with van der Waals surface area (Å²) in [6, 6.07) is 12.4. The molecule has 31 heavy (non-hydrogen) atoms. The molecule has 0 atom stereocenters. The molecule has 0 bridgehead atoms. The van der Waals surface area contributed by atoms with Crippen molar-refractivity contribution in [3.8, 4) is 5.75 Å². The fourth-order valence-electron chi connectivity index (χ4n) is 3.82. The Kier molecular flexibility index (Phi) is 5.43. The minimum atomic E-state index is -0.815. The first-order chi connectivity index (χ1) is 14.7. The van der Waals surface area contributed by atoms with Crippen LogP contribution in [0, 0.1) is 17.5 Å². The Balaban J connectivity index is 1.65. The van der Waals surface area contributed by atoms with Crippen LogP contribution in [0.15, 0.2) is 54.6 Å². The van der Waals surface area contributed by atoms with Gasteiger partial charge >= 0.3 is 0 Å². The van der Waals surface area contributed by atoms with E-state index in [1.165, 1.54) is 29.2 Å². The Morgan fingerprint density at radius 3 is 2.39 bits per heavy atom. The lowest BCUT2D eigenvalue weighted by molar-refractivity contribution is -0.122. The van der Waals surface area contributed by atoms with Crippen LogP contribution in [-0.2, 0) is 23.4 Å². The molecule has 160 valence electrons. The van der Waals surface area contributed by atoms with Crippen LogP contribution < -0.4 is 9.64 Å². The van der Waals surface area contributed by atoms with Crippen molar-refractivity contribution >= 4 is 23.2 Å². The molecule has 0 radical (unpaired) electrons. The molecule has 1 aliphatic rings. The zero-order valence-corrected chi connectivity index (χ0v) is 17.6. The van der Waals surface area contributed by atoms with E-state index in [0.29, 0.717) is 27.6 Å². The van der Waals surface area contributed by atoms with E-state index < -0.39 is 22.9 Å². The summed E-state index contributed by atoms with van der Waals surface area (Å²) in [5.41, 5.74) is 1.22. The molecule has 4 rings (SSSR count). The van der Waals surface area contributed by atoms with Gasteiger partial charge in [-0.15, -0.1) is 0 Å². The Morgan fingerprint density at radius 2 is 1.68 bits per heavy atom. The number of carbonyl (C=O) groups excluding carboxylic acids is 1. The second-order valence-corrected chi connectivity index (χ2v) is 8.37. The number of hydrogen-bond acceptors (Lipinski definition) is 2. The van der Waals surface area contributed by atoms with E-state index in [9.17, 15) is 18.0 Å². The first kappa shape index (κ1) is 21.2. The molecular weight excluding hydrogens is 427 g/mol. The topological polar surface area (TPSA) is 29.5 Å². The number of fused-ring (bicyclic) bond motifs is 1. The largest absolute Gasteiger partial charge is 0.488 e. The van der Waals surface area contributed by atoms with Gasteiger partial charge in [-0.2, -0.15) is 0 Å². The van der Waals surface area contributed by atoms with Crippen molar-refractivity contribution in [2.45, 2.75) is 32.4 Å². The molecule has 7 heteroatoms. The molecule has 1 heterocycles. The Bertz CT molecular complexity index is 1160. The van der Waals surface area contributed by atoms with E-state index in [1.54, 1.807) is 38.1 Å². The Labute approximate surface area is 183 Å². The van der Waals surface area contributed by atoms with Crippen LogP contribution in [-0.4, -0.2) is 5.91 Å². The van der Waals surface area contributed by atoms with Crippen LogP contribution in [0.2, 0.25) is 5.02 Å². The number of ether oxygens (including phenoxy) is 1. The highest BCUT2D eigenvalue weighted by atomic mass is 35.5. The zero-order valence-electron chi connectivity index (χ0n) is 16.9. The minimum absolute atomic E-state index is 0.0607. The number of benzene rings is 3. The highest BCUT2D eigenvalue weighted by Crippen LogP contribution is 2.43. The summed E-state index contributed by atoms with van der Waals surface area (Å²) in [6.45, 7) is 3.54. The number of nitrogens with zero attached hydrogens (tertiary/aromatic N) is 1. The van der Waals surface area contributed by atoms with Gasteiger partial charge in [-0.25, -0.2) is 13.2 Å². The molecule has 1 aliphatic heterocycles. The van der Waals surface area contributed by atoms with Gasteiger partial charge in [-0.05, 0) is 61.4 Å². The lowest BCUT2D eigenvalue weighted by Crippen LogP contribution is -2.35. The van der Waals surface area contributed by atoms with Crippen molar-refractivity contribution in [1.82, 2.24) is 0 Å². The molecular formula is C24H19ClF3NO2. The van der Waals surface area contributed by atoms with Crippen LogP contribution in [0.4, 0.5) is 18.9 Å². The maximum absolute atomic E-state index is 13.9. The monoisotopic (exact) mass is 445 g/mol. The van der Waals surface area contributed by atoms with Gasteiger partial charge < -0.3 is 9.64 Å². The summed E-state index contributed by atoms with van der Waals surface area (Å²) in [7, 11) is 0. The lowest BCUT2D eigenvalue weighted by atomic mass is 9.86. The van der Waals surface area contributed by atoms with E-state index in [0.717, 1.165) is 11.6 Å². The summed E-state index contributed by atoms with van der Waals surface area (Å²) >= 11 is 6.41. The highest BCUT2D eigenvalue weighted by Gasteiger charge is 2.44. The van der Waals surface area contributed by atoms with Crippen LogP contribution >= 0.6 is 11.6 Å². The van der Waals surface area contributed by atoms with Crippen molar-refractivity contribution in [2.24, 2.45) is 0 Å². The van der Waals surface area contributed by atoms with Crippen LogP contribution in [0.3, 0.4) is 0 Å². The van der Waals surface area contributed by atoms with Gasteiger partial charge in [0, 0.05) is 16.7 Å². The third kappa shape index (κ3) is 4.00. The van der Waals surface area contributed by atoms with Crippen molar-refractivity contribution in [2.75, 3.05) is 4.90 Å². The molecule has 0 fully saturated rings. The molecule has 0 saturated carbocycles. The van der Waals surface area contributed by atoms with Gasteiger partial charge in [0.25, 0.3) is 0 Å². The Morgan fingerprint density at radius 1 is 0.968 bits per heavy atom. The molecule has 3 aromatic carbocycles. The quantitative estimate of drug-likeness (QED) is 0.470. The normalized spacial score (nSPS) is 14.6. The fourth-order valence-corrected chi connectivity index (χ4v) is 4.04. The van der Waals surface area contributed by atoms with Gasteiger partial charge in [0.1, 0.15) is 29.8 Å². The average Bonchev–Trinajstić information content (AvgIpc) is 2.87. The van der Waals surface area contributed by atoms with E-state index in [2.05, 4.69) is 0 Å². The summed E-state index contributed by atoms with van der Waals surface area (Å²) < 4.78 is 46.7. The molecule has 0 aromatic heterocycles. The first-order valence-electron chi connectivity index (χ1n) is 9.64. The first-order valence-corrected chi connectivity index (χ1v) is 10.0. The molecule has 0 aliphatic carbocycles. The number of anilines is 1. The zero-order chi connectivity index (χ0) is 22.3. The predicted octanol–water partition coefficient (Wildman–Crippen LogP) is 6.16. The number of hydrogen-bond donors (Lipinski definition) is 0.